The van der Waals surface area contributed by atoms with Gasteiger partial charge in [0.25, 0.3) is 5.91 Å². The van der Waals surface area contributed by atoms with E-state index in [4.69, 9.17) is 10.4 Å². The minimum absolute atomic E-state index is 0.0103. The van der Waals surface area contributed by atoms with E-state index in [1.165, 1.54) is 18.3 Å². The second kappa shape index (κ2) is 8.36. The molecular weight excluding hydrogens is 306 g/mol. The van der Waals surface area contributed by atoms with E-state index in [0.29, 0.717) is 12.2 Å². The number of phenolic OH excluding ortho intramolecular Hbond substituents is 1. The summed E-state index contributed by atoms with van der Waals surface area (Å²) in [5, 5.41) is 32.8. The Hall–Kier alpha value is -3.30. The van der Waals surface area contributed by atoms with E-state index in [1.807, 2.05) is 30.3 Å². The van der Waals surface area contributed by atoms with E-state index in [2.05, 4.69) is 10.6 Å². The third-order valence-electron chi connectivity index (χ3n) is 3.25. The number of hydrogen-bond acceptors (Lipinski definition) is 5. The SMILES string of the molecule is N#C/C(=C/NCc1ccc(CO)cc1)C(=O)Nc1ccc(O)cc1. The summed E-state index contributed by atoms with van der Waals surface area (Å²) in [6, 6.07) is 15.1. The van der Waals surface area contributed by atoms with E-state index < -0.39 is 5.91 Å². The number of aliphatic hydroxyl groups excluding tert-OH is 1. The quantitative estimate of drug-likeness (QED) is 0.370. The third kappa shape index (κ3) is 4.87. The lowest BCUT2D eigenvalue weighted by molar-refractivity contribution is -0.112. The van der Waals surface area contributed by atoms with Gasteiger partial charge in [-0.2, -0.15) is 5.26 Å². The van der Waals surface area contributed by atoms with Crippen molar-refractivity contribution in [3.63, 3.8) is 0 Å². The smallest absolute Gasteiger partial charge is 0.267 e. The lowest BCUT2D eigenvalue weighted by Crippen LogP contribution is -2.16. The van der Waals surface area contributed by atoms with Crippen molar-refractivity contribution in [1.29, 1.82) is 5.26 Å². The molecular formula is C18H17N3O3. The molecule has 6 heteroatoms. The van der Waals surface area contributed by atoms with Crippen LogP contribution in [0.3, 0.4) is 0 Å². The third-order valence-corrected chi connectivity index (χ3v) is 3.25. The average Bonchev–Trinajstić information content (AvgIpc) is 2.61. The van der Waals surface area contributed by atoms with Gasteiger partial charge in [-0.3, -0.25) is 4.79 Å². The molecule has 0 radical (unpaired) electrons. The number of benzene rings is 2. The molecule has 0 aliphatic rings. The van der Waals surface area contributed by atoms with Crippen LogP contribution in [0.1, 0.15) is 11.1 Å². The summed E-state index contributed by atoms with van der Waals surface area (Å²) in [6.45, 7) is 0.438. The zero-order valence-electron chi connectivity index (χ0n) is 12.9. The number of carbonyl (C=O) groups is 1. The predicted molar refractivity (Wildman–Crippen MR) is 89.6 cm³/mol. The first kappa shape index (κ1) is 17.1. The van der Waals surface area contributed by atoms with Crippen molar-refractivity contribution in [2.45, 2.75) is 13.2 Å². The molecule has 122 valence electrons. The van der Waals surface area contributed by atoms with Gasteiger partial charge in [0.2, 0.25) is 0 Å². The molecule has 24 heavy (non-hydrogen) atoms. The van der Waals surface area contributed by atoms with Crippen molar-refractivity contribution < 1.29 is 15.0 Å². The molecule has 0 saturated carbocycles. The topological polar surface area (TPSA) is 105 Å². The number of aromatic hydroxyl groups is 1. The summed E-state index contributed by atoms with van der Waals surface area (Å²) in [7, 11) is 0. The Morgan fingerprint density at radius 3 is 2.29 bits per heavy atom. The van der Waals surface area contributed by atoms with Gasteiger partial charge in [0.05, 0.1) is 6.61 Å². The number of rotatable bonds is 6. The van der Waals surface area contributed by atoms with Crippen LogP contribution >= 0.6 is 0 Å². The van der Waals surface area contributed by atoms with E-state index in [9.17, 15) is 9.90 Å². The number of anilines is 1. The molecule has 0 aliphatic carbocycles. The molecule has 2 aromatic rings. The fraction of sp³-hybridized carbons (Fsp3) is 0.111. The fourth-order valence-electron chi connectivity index (χ4n) is 1.93. The molecule has 0 heterocycles. The van der Waals surface area contributed by atoms with Crippen LogP contribution in [0.5, 0.6) is 5.75 Å². The maximum absolute atomic E-state index is 12.0. The van der Waals surface area contributed by atoms with Gasteiger partial charge < -0.3 is 20.8 Å². The monoisotopic (exact) mass is 323 g/mol. The van der Waals surface area contributed by atoms with Crippen molar-refractivity contribution >= 4 is 11.6 Å². The van der Waals surface area contributed by atoms with Crippen LogP contribution in [0.15, 0.2) is 60.3 Å². The van der Waals surface area contributed by atoms with Gasteiger partial charge in [0.1, 0.15) is 17.4 Å². The van der Waals surface area contributed by atoms with Crippen molar-refractivity contribution in [2.24, 2.45) is 0 Å². The number of nitrogens with zero attached hydrogens (tertiary/aromatic N) is 1. The Labute approximate surface area is 139 Å². The number of hydrogen-bond donors (Lipinski definition) is 4. The molecule has 2 rings (SSSR count). The first-order valence-electron chi connectivity index (χ1n) is 7.25. The highest BCUT2D eigenvalue weighted by Gasteiger charge is 2.09. The van der Waals surface area contributed by atoms with Gasteiger partial charge in [0, 0.05) is 18.4 Å². The van der Waals surface area contributed by atoms with Gasteiger partial charge in [-0.15, -0.1) is 0 Å². The maximum Gasteiger partial charge on any atom is 0.267 e. The molecule has 1 amide bonds. The summed E-state index contributed by atoms with van der Waals surface area (Å²) >= 11 is 0. The lowest BCUT2D eigenvalue weighted by atomic mass is 10.1. The Morgan fingerprint density at radius 2 is 1.71 bits per heavy atom. The number of nitrogens with one attached hydrogen (secondary N) is 2. The number of carbonyl (C=O) groups excluding carboxylic acids is 1. The highest BCUT2D eigenvalue weighted by Crippen LogP contribution is 2.14. The van der Waals surface area contributed by atoms with Crippen LogP contribution in [0.25, 0.3) is 0 Å². The largest absolute Gasteiger partial charge is 0.508 e. The molecule has 0 spiro atoms. The maximum atomic E-state index is 12.0. The second-order valence-electron chi connectivity index (χ2n) is 5.03. The molecule has 0 bridgehead atoms. The van der Waals surface area contributed by atoms with Crippen molar-refractivity contribution in [3.05, 3.63) is 71.4 Å². The van der Waals surface area contributed by atoms with Crippen molar-refractivity contribution in [3.8, 4) is 11.8 Å². The first-order valence-corrected chi connectivity index (χ1v) is 7.25. The summed E-state index contributed by atoms with van der Waals surface area (Å²) in [5.41, 5.74) is 2.20. The van der Waals surface area contributed by atoms with Crippen LogP contribution in [-0.2, 0) is 17.9 Å². The van der Waals surface area contributed by atoms with Crippen LogP contribution in [0.4, 0.5) is 5.69 Å². The second-order valence-corrected chi connectivity index (χ2v) is 5.03. The Balaban J connectivity index is 1.93. The Bertz CT molecular complexity index is 760. The predicted octanol–water partition coefficient (Wildman–Crippen LogP) is 2.02. The van der Waals surface area contributed by atoms with Crippen molar-refractivity contribution in [1.82, 2.24) is 5.32 Å². The Morgan fingerprint density at radius 1 is 1.08 bits per heavy atom. The number of nitriles is 1. The van der Waals surface area contributed by atoms with Gasteiger partial charge in [0.15, 0.2) is 0 Å². The van der Waals surface area contributed by atoms with E-state index in [0.717, 1.165) is 11.1 Å². The highest BCUT2D eigenvalue weighted by atomic mass is 16.3. The summed E-state index contributed by atoms with van der Waals surface area (Å²) in [6.07, 6.45) is 1.36. The van der Waals surface area contributed by atoms with Crippen molar-refractivity contribution in [2.75, 3.05) is 5.32 Å². The summed E-state index contributed by atoms with van der Waals surface area (Å²) in [4.78, 5) is 12.0. The summed E-state index contributed by atoms with van der Waals surface area (Å²) in [5.74, 6) is -0.441. The zero-order chi connectivity index (χ0) is 17.4. The first-order chi connectivity index (χ1) is 11.6. The van der Waals surface area contributed by atoms with E-state index in [1.54, 1.807) is 12.1 Å². The molecule has 0 aliphatic heterocycles. The normalized spacial score (nSPS) is 10.8. The summed E-state index contributed by atoms with van der Waals surface area (Å²) < 4.78 is 0. The Kier molecular flexibility index (Phi) is 5.95. The molecule has 2 aromatic carbocycles. The van der Waals surface area contributed by atoms with Gasteiger partial charge >= 0.3 is 0 Å². The highest BCUT2D eigenvalue weighted by molar-refractivity contribution is 6.06. The minimum Gasteiger partial charge on any atom is -0.508 e. The molecule has 0 saturated heterocycles. The molecule has 6 nitrogen and oxygen atoms in total. The van der Waals surface area contributed by atoms with E-state index in [-0.39, 0.29) is 17.9 Å². The van der Waals surface area contributed by atoms with Crippen LogP contribution in [0, 0.1) is 11.3 Å². The molecule has 0 fully saturated rings. The number of amides is 1. The molecule has 0 unspecified atom stereocenters. The van der Waals surface area contributed by atoms with Gasteiger partial charge in [-0.1, -0.05) is 24.3 Å². The molecule has 0 atom stereocenters. The van der Waals surface area contributed by atoms with Crippen LogP contribution in [-0.4, -0.2) is 16.1 Å². The minimum atomic E-state index is -0.536. The van der Waals surface area contributed by atoms with Gasteiger partial charge in [-0.05, 0) is 35.4 Å². The van der Waals surface area contributed by atoms with Crippen LogP contribution < -0.4 is 10.6 Å². The molecule has 4 N–H and O–H groups in total. The number of phenols is 1. The van der Waals surface area contributed by atoms with E-state index >= 15 is 0 Å². The lowest BCUT2D eigenvalue weighted by Gasteiger charge is -2.06. The standard InChI is InChI=1S/C18H17N3O3/c19-9-15(18(24)21-16-5-7-17(23)8-6-16)11-20-10-13-1-3-14(12-22)4-2-13/h1-8,11,20,22-23H,10,12H2,(H,21,24)/b15-11-. The zero-order valence-corrected chi connectivity index (χ0v) is 12.9. The average molecular weight is 323 g/mol. The molecule has 0 aromatic heterocycles. The number of aliphatic hydroxyl groups is 1. The van der Waals surface area contributed by atoms with Crippen LogP contribution in [0.2, 0.25) is 0 Å². The van der Waals surface area contributed by atoms with Gasteiger partial charge in [-0.25, -0.2) is 0 Å². The fourth-order valence-corrected chi connectivity index (χ4v) is 1.93.